The van der Waals surface area contributed by atoms with Crippen molar-refractivity contribution in [2.45, 2.75) is 52.6 Å². The molecule has 1 heterocycles. The minimum atomic E-state index is -0.383. The predicted octanol–water partition coefficient (Wildman–Crippen LogP) is 2.58. The van der Waals surface area contributed by atoms with Gasteiger partial charge in [0.25, 0.3) is 0 Å². The highest BCUT2D eigenvalue weighted by molar-refractivity contribution is 6.30. The van der Waals surface area contributed by atoms with Gasteiger partial charge in [-0.2, -0.15) is 0 Å². The van der Waals surface area contributed by atoms with Crippen molar-refractivity contribution in [3.63, 3.8) is 0 Å². The minimum Gasteiger partial charge on any atom is -0.358 e. The standard InChI is InChI=1S/C13H21ClN4O/c1-7(2)10-11(14)15-6-16-12(10)18-9(5)13(19)17-8(3)4/h6-9H,1-5H3,(H,17,19)(H,15,16,18). The molecule has 0 bridgehead atoms. The van der Waals surface area contributed by atoms with Gasteiger partial charge in [0.15, 0.2) is 0 Å². The summed E-state index contributed by atoms with van der Waals surface area (Å²) in [6, 6.07) is -0.277. The summed E-state index contributed by atoms with van der Waals surface area (Å²) in [7, 11) is 0. The fourth-order valence-electron chi connectivity index (χ4n) is 1.68. The molecule has 0 aliphatic carbocycles. The Labute approximate surface area is 119 Å². The van der Waals surface area contributed by atoms with E-state index in [0.29, 0.717) is 11.0 Å². The molecule has 1 amide bonds. The highest BCUT2D eigenvalue weighted by atomic mass is 35.5. The first-order valence-electron chi connectivity index (χ1n) is 6.40. The molecular formula is C13H21ClN4O. The van der Waals surface area contributed by atoms with Crippen LogP contribution in [0.15, 0.2) is 6.33 Å². The largest absolute Gasteiger partial charge is 0.358 e. The van der Waals surface area contributed by atoms with Crippen LogP contribution in [0.25, 0.3) is 0 Å². The van der Waals surface area contributed by atoms with Crippen LogP contribution in [-0.2, 0) is 4.79 Å². The fraction of sp³-hybridized carbons (Fsp3) is 0.615. The van der Waals surface area contributed by atoms with Crippen molar-refractivity contribution in [2.24, 2.45) is 0 Å². The third-order valence-electron chi connectivity index (χ3n) is 2.59. The van der Waals surface area contributed by atoms with Gasteiger partial charge in [0.2, 0.25) is 5.91 Å². The Bertz CT molecular complexity index is 448. The van der Waals surface area contributed by atoms with E-state index in [9.17, 15) is 4.79 Å². The topological polar surface area (TPSA) is 66.9 Å². The van der Waals surface area contributed by atoms with Crippen molar-refractivity contribution in [1.82, 2.24) is 15.3 Å². The van der Waals surface area contributed by atoms with E-state index in [1.807, 2.05) is 27.7 Å². The molecular weight excluding hydrogens is 264 g/mol. The van der Waals surface area contributed by atoms with Crippen LogP contribution in [0.5, 0.6) is 0 Å². The minimum absolute atomic E-state index is 0.0700. The fourth-order valence-corrected chi connectivity index (χ4v) is 2.03. The molecule has 0 aromatic carbocycles. The SMILES string of the molecule is CC(C)NC(=O)C(C)Nc1ncnc(Cl)c1C(C)C. The Morgan fingerprint density at radius 2 is 1.84 bits per heavy atom. The van der Waals surface area contributed by atoms with Crippen molar-refractivity contribution in [1.29, 1.82) is 0 Å². The molecule has 0 aliphatic heterocycles. The van der Waals surface area contributed by atoms with Crippen molar-refractivity contribution in [3.8, 4) is 0 Å². The molecule has 0 aliphatic rings. The number of carbonyl (C=O) groups excluding carboxylic acids is 1. The number of nitrogens with one attached hydrogen (secondary N) is 2. The molecule has 1 unspecified atom stereocenters. The van der Waals surface area contributed by atoms with E-state index in [4.69, 9.17) is 11.6 Å². The van der Waals surface area contributed by atoms with Crippen molar-refractivity contribution >= 4 is 23.3 Å². The molecule has 6 heteroatoms. The maximum atomic E-state index is 11.9. The molecule has 106 valence electrons. The van der Waals surface area contributed by atoms with Gasteiger partial charge in [0.1, 0.15) is 23.3 Å². The molecule has 1 aromatic rings. The van der Waals surface area contributed by atoms with E-state index < -0.39 is 0 Å². The zero-order valence-electron chi connectivity index (χ0n) is 12.0. The van der Waals surface area contributed by atoms with Crippen LogP contribution in [0.2, 0.25) is 5.15 Å². The summed E-state index contributed by atoms with van der Waals surface area (Å²) in [4.78, 5) is 20.0. The number of aromatic nitrogens is 2. The van der Waals surface area contributed by atoms with Crippen molar-refractivity contribution in [3.05, 3.63) is 17.0 Å². The summed E-state index contributed by atoms with van der Waals surface area (Å²) in [5.41, 5.74) is 0.827. The smallest absolute Gasteiger partial charge is 0.242 e. The van der Waals surface area contributed by atoms with Crippen LogP contribution in [0.1, 0.15) is 46.1 Å². The zero-order valence-corrected chi connectivity index (χ0v) is 12.7. The Morgan fingerprint density at radius 3 is 2.37 bits per heavy atom. The molecule has 0 saturated heterocycles. The van der Waals surface area contributed by atoms with E-state index in [-0.39, 0.29) is 23.9 Å². The maximum absolute atomic E-state index is 11.9. The molecule has 1 rings (SSSR count). The molecule has 5 nitrogen and oxygen atoms in total. The van der Waals surface area contributed by atoms with Crippen LogP contribution in [-0.4, -0.2) is 28.0 Å². The Balaban J connectivity index is 2.88. The summed E-state index contributed by atoms with van der Waals surface area (Å²) in [5, 5.41) is 6.36. The van der Waals surface area contributed by atoms with E-state index in [2.05, 4.69) is 20.6 Å². The lowest BCUT2D eigenvalue weighted by Crippen LogP contribution is -2.41. The molecule has 0 fully saturated rings. The van der Waals surface area contributed by atoms with Gasteiger partial charge in [0.05, 0.1) is 0 Å². The normalized spacial score (nSPS) is 12.6. The number of anilines is 1. The maximum Gasteiger partial charge on any atom is 0.242 e. The first kappa shape index (κ1) is 15.7. The van der Waals surface area contributed by atoms with Crippen LogP contribution >= 0.6 is 11.6 Å². The molecule has 0 saturated carbocycles. The van der Waals surface area contributed by atoms with Gasteiger partial charge in [-0.05, 0) is 26.7 Å². The Hall–Kier alpha value is -1.36. The number of rotatable bonds is 5. The second-order valence-electron chi connectivity index (χ2n) is 5.11. The number of hydrogen-bond donors (Lipinski definition) is 2. The van der Waals surface area contributed by atoms with Crippen LogP contribution < -0.4 is 10.6 Å². The van der Waals surface area contributed by atoms with E-state index >= 15 is 0 Å². The number of hydrogen-bond acceptors (Lipinski definition) is 4. The second kappa shape index (κ2) is 6.70. The number of amides is 1. The molecule has 0 spiro atoms. The molecule has 1 aromatic heterocycles. The molecule has 0 radical (unpaired) electrons. The van der Waals surface area contributed by atoms with Crippen molar-refractivity contribution < 1.29 is 4.79 Å². The first-order chi connectivity index (χ1) is 8.82. The number of halogens is 1. The lowest BCUT2D eigenvalue weighted by molar-refractivity contribution is -0.122. The van der Waals surface area contributed by atoms with Crippen molar-refractivity contribution in [2.75, 3.05) is 5.32 Å². The summed E-state index contributed by atoms with van der Waals surface area (Å²) >= 11 is 6.08. The Morgan fingerprint density at radius 1 is 1.21 bits per heavy atom. The van der Waals surface area contributed by atoms with Crippen LogP contribution in [0.3, 0.4) is 0 Å². The zero-order chi connectivity index (χ0) is 14.6. The first-order valence-corrected chi connectivity index (χ1v) is 6.78. The number of nitrogens with zero attached hydrogens (tertiary/aromatic N) is 2. The lowest BCUT2D eigenvalue weighted by atomic mass is 10.1. The third kappa shape index (κ3) is 4.35. The van der Waals surface area contributed by atoms with E-state index in [1.54, 1.807) is 6.92 Å². The van der Waals surface area contributed by atoms with Gasteiger partial charge < -0.3 is 10.6 Å². The summed E-state index contributed by atoms with van der Waals surface area (Å²) in [5.74, 6) is 0.720. The monoisotopic (exact) mass is 284 g/mol. The molecule has 19 heavy (non-hydrogen) atoms. The summed E-state index contributed by atoms with van der Waals surface area (Å²) in [6.07, 6.45) is 1.39. The summed E-state index contributed by atoms with van der Waals surface area (Å²) < 4.78 is 0. The highest BCUT2D eigenvalue weighted by Gasteiger charge is 2.18. The van der Waals surface area contributed by atoms with Crippen LogP contribution in [0.4, 0.5) is 5.82 Å². The van der Waals surface area contributed by atoms with Gasteiger partial charge in [0, 0.05) is 11.6 Å². The van der Waals surface area contributed by atoms with Gasteiger partial charge in [-0.25, -0.2) is 9.97 Å². The van der Waals surface area contributed by atoms with Gasteiger partial charge in [-0.3, -0.25) is 4.79 Å². The van der Waals surface area contributed by atoms with Gasteiger partial charge in [-0.1, -0.05) is 25.4 Å². The van der Waals surface area contributed by atoms with E-state index in [1.165, 1.54) is 6.33 Å². The predicted molar refractivity (Wildman–Crippen MR) is 77.5 cm³/mol. The van der Waals surface area contributed by atoms with Crippen LogP contribution in [0, 0.1) is 0 Å². The van der Waals surface area contributed by atoms with Gasteiger partial charge >= 0.3 is 0 Å². The van der Waals surface area contributed by atoms with Gasteiger partial charge in [-0.15, -0.1) is 0 Å². The third-order valence-corrected chi connectivity index (χ3v) is 2.89. The second-order valence-corrected chi connectivity index (χ2v) is 5.47. The lowest BCUT2D eigenvalue weighted by Gasteiger charge is -2.19. The average molecular weight is 285 g/mol. The quantitative estimate of drug-likeness (QED) is 0.816. The summed E-state index contributed by atoms with van der Waals surface area (Å²) in [6.45, 7) is 9.65. The highest BCUT2D eigenvalue weighted by Crippen LogP contribution is 2.28. The molecule has 1 atom stereocenters. The number of carbonyl (C=O) groups is 1. The average Bonchev–Trinajstić information content (AvgIpc) is 2.27. The molecule has 2 N–H and O–H groups in total. The van der Waals surface area contributed by atoms with E-state index in [0.717, 1.165) is 5.56 Å². The Kier molecular flexibility index (Phi) is 5.54.